The van der Waals surface area contributed by atoms with Gasteiger partial charge in [-0.05, 0) is 89.2 Å². The fourth-order valence-electron chi connectivity index (χ4n) is 5.39. The molecule has 1 aliphatic carbocycles. The molecule has 2 aliphatic rings. The van der Waals surface area contributed by atoms with Gasteiger partial charge in [-0.2, -0.15) is 0 Å². The van der Waals surface area contributed by atoms with Gasteiger partial charge in [0.1, 0.15) is 5.75 Å². The first kappa shape index (κ1) is 32.3. The molecule has 42 heavy (non-hydrogen) atoms. The first-order valence-electron chi connectivity index (χ1n) is 15.2. The summed E-state index contributed by atoms with van der Waals surface area (Å²) in [5.41, 5.74) is 0.513. The lowest BCUT2D eigenvalue weighted by molar-refractivity contribution is -0.0172. The van der Waals surface area contributed by atoms with E-state index >= 15 is 0 Å². The number of likely N-dealkylation sites (N-methyl/N-ethyl adjacent to an activating group) is 1. The quantitative estimate of drug-likeness (QED) is 0.432. The number of aliphatic hydroxyl groups excluding tert-OH is 1. The van der Waals surface area contributed by atoms with E-state index < -0.39 is 16.1 Å². The Labute approximate surface area is 251 Å². The van der Waals surface area contributed by atoms with Crippen molar-refractivity contribution >= 4 is 21.6 Å². The van der Waals surface area contributed by atoms with E-state index in [0.717, 1.165) is 38.3 Å². The van der Waals surface area contributed by atoms with E-state index in [1.54, 1.807) is 35.2 Å². The number of nitrogens with one attached hydrogen (secondary N) is 1. The molecule has 0 spiro atoms. The third kappa shape index (κ3) is 8.92. The van der Waals surface area contributed by atoms with Crippen LogP contribution in [0.3, 0.4) is 0 Å². The van der Waals surface area contributed by atoms with Crippen molar-refractivity contribution in [3.05, 3.63) is 54.1 Å². The van der Waals surface area contributed by atoms with E-state index in [-0.39, 0.29) is 46.8 Å². The largest absolute Gasteiger partial charge is 0.490 e. The van der Waals surface area contributed by atoms with Crippen LogP contribution in [0.1, 0.15) is 63.2 Å². The summed E-state index contributed by atoms with van der Waals surface area (Å²) >= 11 is 0. The van der Waals surface area contributed by atoms with Crippen molar-refractivity contribution in [1.82, 2.24) is 9.80 Å². The standard InChI is InChI=1S/C32H47N3O6S/c1-23-19-35(24(2)22-36)32(37)29-18-27(33-42(38,39)28-11-6-5-7-12-28)15-16-30(29)41-25(3)10-8-9-17-40-31(23)21-34(4)20-26-13-14-26/h5-7,11-12,15-16,18,23-26,31,33,36H,8-10,13-14,17,19-22H2,1-4H3/t23-,24-,25-,31+/m1/s1. The number of carbonyl (C=O) groups excluding carboxylic acids is 1. The van der Waals surface area contributed by atoms with Crippen LogP contribution in [0.2, 0.25) is 0 Å². The average Bonchev–Trinajstić information content (AvgIpc) is 3.78. The van der Waals surface area contributed by atoms with E-state index in [0.29, 0.717) is 18.9 Å². The SMILES string of the molecule is C[C@@H]1CCCCO[C@@H](CN(C)CC2CC2)[C@H](C)CN([C@H](C)CO)C(=O)c2cc(NS(=O)(=O)c3ccccc3)ccc2O1. The molecule has 0 unspecified atom stereocenters. The van der Waals surface area contributed by atoms with Gasteiger partial charge in [0.15, 0.2) is 0 Å². The lowest BCUT2D eigenvalue weighted by Gasteiger charge is -2.36. The topological polar surface area (TPSA) is 108 Å². The number of hydrogen-bond acceptors (Lipinski definition) is 7. The zero-order chi connectivity index (χ0) is 30.3. The average molecular weight is 602 g/mol. The minimum Gasteiger partial charge on any atom is -0.490 e. The molecule has 4 rings (SSSR count). The molecule has 1 saturated carbocycles. The van der Waals surface area contributed by atoms with Gasteiger partial charge in [-0.15, -0.1) is 0 Å². The van der Waals surface area contributed by atoms with Crippen molar-refractivity contribution in [2.45, 2.75) is 76.0 Å². The third-order valence-electron chi connectivity index (χ3n) is 8.12. The predicted octanol–water partition coefficient (Wildman–Crippen LogP) is 4.62. The van der Waals surface area contributed by atoms with Crippen LogP contribution in [-0.4, -0.2) is 87.4 Å². The van der Waals surface area contributed by atoms with Gasteiger partial charge in [0, 0.05) is 37.8 Å². The highest BCUT2D eigenvalue weighted by Crippen LogP contribution is 2.31. The molecule has 1 fully saturated rings. The van der Waals surface area contributed by atoms with Gasteiger partial charge in [-0.1, -0.05) is 25.1 Å². The van der Waals surface area contributed by atoms with Crippen molar-refractivity contribution < 1.29 is 27.8 Å². The number of ether oxygens (including phenoxy) is 2. The molecule has 232 valence electrons. The molecule has 1 amide bonds. The van der Waals surface area contributed by atoms with E-state index in [4.69, 9.17) is 9.47 Å². The van der Waals surface area contributed by atoms with Gasteiger partial charge >= 0.3 is 0 Å². The highest BCUT2D eigenvalue weighted by molar-refractivity contribution is 7.92. The normalized spacial score (nSPS) is 23.5. The number of amides is 1. The van der Waals surface area contributed by atoms with Crippen molar-refractivity contribution in [3.8, 4) is 5.75 Å². The molecule has 0 saturated heterocycles. The molecule has 1 heterocycles. The maximum atomic E-state index is 14.2. The lowest BCUT2D eigenvalue weighted by Crippen LogP contribution is -2.47. The molecule has 10 heteroatoms. The maximum Gasteiger partial charge on any atom is 0.261 e. The Hall–Kier alpha value is -2.66. The van der Waals surface area contributed by atoms with Crippen LogP contribution in [-0.2, 0) is 14.8 Å². The number of nitrogens with zero attached hydrogens (tertiary/aromatic N) is 2. The maximum absolute atomic E-state index is 14.2. The number of benzene rings is 2. The van der Waals surface area contributed by atoms with E-state index in [1.165, 1.54) is 31.0 Å². The van der Waals surface area contributed by atoms with Crippen LogP contribution in [0, 0.1) is 11.8 Å². The minimum absolute atomic E-state index is 0.00407. The van der Waals surface area contributed by atoms with Gasteiger partial charge in [-0.25, -0.2) is 8.42 Å². The predicted molar refractivity (Wildman–Crippen MR) is 164 cm³/mol. The van der Waals surface area contributed by atoms with Gasteiger partial charge in [0.2, 0.25) is 0 Å². The molecule has 1 aliphatic heterocycles. The summed E-state index contributed by atoms with van der Waals surface area (Å²) < 4.78 is 41.4. The second-order valence-electron chi connectivity index (χ2n) is 12.1. The van der Waals surface area contributed by atoms with Crippen LogP contribution in [0.25, 0.3) is 0 Å². The summed E-state index contributed by atoms with van der Waals surface area (Å²) in [5.74, 6) is 0.832. The van der Waals surface area contributed by atoms with E-state index in [9.17, 15) is 18.3 Å². The summed E-state index contributed by atoms with van der Waals surface area (Å²) in [7, 11) is -1.73. The number of hydrogen-bond donors (Lipinski definition) is 2. The second-order valence-corrected chi connectivity index (χ2v) is 13.8. The number of aliphatic hydroxyl groups is 1. The molecule has 2 N–H and O–H groups in total. The number of rotatable bonds is 9. The van der Waals surface area contributed by atoms with Gasteiger partial charge in [-0.3, -0.25) is 9.52 Å². The molecular weight excluding hydrogens is 554 g/mol. The Bertz CT molecular complexity index is 1270. The third-order valence-corrected chi connectivity index (χ3v) is 9.51. The number of sulfonamides is 1. The Morgan fingerprint density at radius 3 is 2.50 bits per heavy atom. The zero-order valence-electron chi connectivity index (χ0n) is 25.4. The highest BCUT2D eigenvalue weighted by atomic mass is 32.2. The Morgan fingerprint density at radius 1 is 1.07 bits per heavy atom. The van der Waals surface area contributed by atoms with Gasteiger partial charge < -0.3 is 24.4 Å². The first-order chi connectivity index (χ1) is 20.1. The first-order valence-corrected chi connectivity index (χ1v) is 16.7. The Balaban J connectivity index is 1.65. The molecule has 0 radical (unpaired) electrons. The Kier molecular flexibility index (Phi) is 11.3. The lowest BCUT2D eigenvalue weighted by atomic mass is 10.0. The van der Waals surface area contributed by atoms with Crippen LogP contribution in [0.5, 0.6) is 5.75 Å². The minimum atomic E-state index is -3.86. The molecule has 9 nitrogen and oxygen atoms in total. The summed E-state index contributed by atoms with van der Waals surface area (Å²) in [6, 6.07) is 12.4. The van der Waals surface area contributed by atoms with Crippen LogP contribution in [0.4, 0.5) is 5.69 Å². The molecule has 2 aromatic rings. The monoisotopic (exact) mass is 601 g/mol. The smallest absolute Gasteiger partial charge is 0.261 e. The molecular formula is C32H47N3O6S. The molecule has 0 bridgehead atoms. The van der Waals surface area contributed by atoms with E-state index in [1.807, 2.05) is 13.8 Å². The van der Waals surface area contributed by atoms with Gasteiger partial charge in [0.05, 0.1) is 35.3 Å². The number of carbonyl (C=O) groups is 1. The molecule has 4 atom stereocenters. The van der Waals surface area contributed by atoms with E-state index in [2.05, 4.69) is 23.6 Å². The van der Waals surface area contributed by atoms with Crippen molar-refractivity contribution in [2.75, 3.05) is 44.6 Å². The van der Waals surface area contributed by atoms with Crippen LogP contribution < -0.4 is 9.46 Å². The van der Waals surface area contributed by atoms with Crippen LogP contribution >= 0.6 is 0 Å². The summed E-state index contributed by atoms with van der Waals surface area (Å²) in [6.45, 7) is 8.50. The molecule has 0 aromatic heterocycles. The van der Waals surface area contributed by atoms with Crippen LogP contribution in [0.15, 0.2) is 53.4 Å². The van der Waals surface area contributed by atoms with Crippen molar-refractivity contribution in [3.63, 3.8) is 0 Å². The summed E-state index contributed by atoms with van der Waals surface area (Å²) in [5, 5.41) is 10.1. The van der Waals surface area contributed by atoms with Crippen molar-refractivity contribution in [1.29, 1.82) is 0 Å². The summed E-state index contributed by atoms with van der Waals surface area (Å²) in [6.07, 6.45) is 4.95. The summed E-state index contributed by atoms with van der Waals surface area (Å²) in [4.78, 5) is 18.4. The fourth-order valence-corrected chi connectivity index (χ4v) is 6.46. The second kappa shape index (κ2) is 14.7. The molecule has 2 aromatic carbocycles. The highest BCUT2D eigenvalue weighted by Gasteiger charge is 2.31. The number of anilines is 1. The zero-order valence-corrected chi connectivity index (χ0v) is 26.2. The Morgan fingerprint density at radius 2 is 1.81 bits per heavy atom. The van der Waals surface area contributed by atoms with Gasteiger partial charge in [0.25, 0.3) is 15.9 Å². The number of fused-ring (bicyclic) bond motifs is 1. The van der Waals surface area contributed by atoms with Crippen molar-refractivity contribution in [2.24, 2.45) is 11.8 Å². The fraction of sp³-hybridized carbons (Fsp3) is 0.594.